The quantitative estimate of drug-likeness (QED) is 0.850. The van der Waals surface area contributed by atoms with E-state index in [4.69, 9.17) is 22.3 Å². The molecule has 1 N–H and O–H groups in total. The molecule has 106 valence electrons. The second-order valence-electron chi connectivity index (χ2n) is 5.22. The second kappa shape index (κ2) is 5.31. The third-order valence-electron chi connectivity index (χ3n) is 2.31. The van der Waals surface area contributed by atoms with Crippen molar-refractivity contribution in [3.05, 3.63) is 28.3 Å². The molecule has 0 bridgehead atoms. The molecule has 0 atom stereocenters. The summed E-state index contributed by atoms with van der Waals surface area (Å²) in [5.41, 5.74) is 0.0442. The standard InChI is InChI=1S/C12H15Cl2NO3S/c1-7-9(13)5-8(6-10(7)19(14,17)18)11(16)15-12(2,3)4/h5-6H,1-4H3,(H,15,16). The van der Waals surface area contributed by atoms with Gasteiger partial charge in [0.2, 0.25) is 0 Å². The summed E-state index contributed by atoms with van der Waals surface area (Å²) in [6.07, 6.45) is 0. The lowest BCUT2D eigenvalue weighted by atomic mass is 10.1. The minimum absolute atomic E-state index is 0.152. The molecule has 1 rings (SSSR count). The number of benzene rings is 1. The topological polar surface area (TPSA) is 63.2 Å². The Morgan fingerprint density at radius 2 is 1.79 bits per heavy atom. The molecule has 0 spiro atoms. The van der Waals surface area contributed by atoms with Crippen LogP contribution < -0.4 is 5.32 Å². The van der Waals surface area contributed by atoms with E-state index < -0.39 is 20.5 Å². The fourth-order valence-electron chi connectivity index (χ4n) is 1.45. The van der Waals surface area contributed by atoms with Crippen molar-refractivity contribution in [3.8, 4) is 0 Å². The van der Waals surface area contributed by atoms with Crippen molar-refractivity contribution in [1.82, 2.24) is 5.32 Å². The molecule has 0 aromatic heterocycles. The Morgan fingerprint density at radius 3 is 2.21 bits per heavy atom. The Balaban J connectivity index is 3.33. The molecule has 0 saturated carbocycles. The van der Waals surface area contributed by atoms with Gasteiger partial charge in [-0.2, -0.15) is 0 Å². The highest BCUT2D eigenvalue weighted by Gasteiger charge is 2.21. The summed E-state index contributed by atoms with van der Waals surface area (Å²) >= 11 is 5.94. The summed E-state index contributed by atoms with van der Waals surface area (Å²) in [6.45, 7) is 6.99. The largest absolute Gasteiger partial charge is 0.347 e. The van der Waals surface area contributed by atoms with Gasteiger partial charge in [-0.05, 0) is 45.4 Å². The molecule has 4 nitrogen and oxygen atoms in total. The zero-order valence-electron chi connectivity index (χ0n) is 11.0. The van der Waals surface area contributed by atoms with E-state index in [1.807, 2.05) is 20.8 Å². The smallest absolute Gasteiger partial charge is 0.261 e. The zero-order valence-corrected chi connectivity index (χ0v) is 13.4. The van der Waals surface area contributed by atoms with Crippen molar-refractivity contribution in [2.45, 2.75) is 38.1 Å². The Kier molecular flexibility index (Phi) is 4.55. The van der Waals surface area contributed by atoms with Crippen LogP contribution in [0, 0.1) is 6.92 Å². The lowest BCUT2D eigenvalue weighted by molar-refractivity contribution is 0.0919. The van der Waals surface area contributed by atoms with E-state index >= 15 is 0 Å². The number of amides is 1. The molecule has 0 aliphatic carbocycles. The van der Waals surface area contributed by atoms with Crippen LogP contribution in [-0.4, -0.2) is 19.9 Å². The van der Waals surface area contributed by atoms with Crippen molar-refractivity contribution in [1.29, 1.82) is 0 Å². The van der Waals surface area contributed by atoms with Gasteiger partial charge in [0, 0.05) is 26.8 Å². The van der Waals surface area contributed by atoms with Gasteiger partial charge < -0.3 is 5.32 Å². The molecule has 1 aromatic rings. The van der Waals surface area contributed by atoms with Crippen LogP contribution in [0.15, 0.2) is 17.0 Å². The molecular formula is C12H15Cl2NO3S. The van der Waals surface area contributed by atoms with Crippen LogP contribution in [0.4, 0.5) is 0 Å². The molecule has 0 aliphatic rings. The van der Waals surface area contributed by atoms with Crippen LogP contribution in [0.5, 0.6) is 0 Å². The lowest BCUT2D eigenvalue weighted by Crippen LogP contribution is -2.40. The molecule has 7 heteroatoms. The molecular weight excluding hydrogens is 309 g/mol. The van der Waals surface area contributed by atoms with Crippen molar-refractivity contribution >= 4 is 37.2 Å². The SMILES string of the molecule is Cc1c(Cl)cc(C(=O)NC(C)(C)C)cc1S(=O)(=O)Cl. The molecule has 0 saturated heterocycles. The van der Waals surface area contributed by atoms with Crippen LogP contribution in [0.1, 0.15) is 36.7 Å². The molecule has 0 unspecified atom stereocenters. The maximum Gasteiger partial charge on any atom is 0.261 e. The Bertz CT molecular complexity index is 619. The zero-order chi connectivity index (χ0) is 15.0. The highest BCUT2D eigenvalue weighted by atomic mass is 35.7. The van der Waals surface area contributed by atoms with Crippen molar-refractivity contribution in [2.75, 3.05) is 0 Å². The van der Waals surface area contributed by atoms with Gasteiger partial charge in [0.15, 0.2) is 0 Å². The highest BCUT2D eigenvalue weighted by molar-refractivity contribution is 8.13. The normalized spacial score (nSPS) is 12.3. The van der Waals surface area contributed by atoms with Gasteiger partial charge >= 0.3 is 0 Å². The molecule has 0 radical (unpaired) electrons. The third-order valence-corrected chi connectivity index (χ3v) is 4.15. The second-order valence-corrected chi connectivity index (χ2v) is 8.16. The molecule has 1 aromatic carbocycles. The summed E-state index contributed by atoms with van der Waals surface area (Å²) in [5, 5.41) is 2.91. The third kappa shape index (κ3) is 4.37. The first-order valence-electron chi connectivity index (χ1n) is 5.49. The van der Waals surface area contributed by atoms with Crippen molar-refractivity contribution < 1.29 is 13.2 Å². The van der Waals surface area contributed by atoms with Gasteiger partial charge in [-0.25, -0.2) is 8.42 Å². The van der Waals surface area contributed by atoms with Gasteiger partial charge in [0.1, 0.15) is 0 Å². The average molecular weight is 324 g/mol. The minimum Gasteiger partial charge on any atom is -0.347 e. The van der Waals surface area contributed by atoms with E-state index in [9.17, 15) is 13.2 Å². The Labute approximate surface area is 122 Å². The molecule has 19 heavy (non-hydrogen) atoms. The van der Waals surface area contributed by atoms with Crippen LogP contribution in [0.25, 0.3) is 0 Å². The van der Waals surface area contributed by atoms with Crippen LogP contribution in [0.3, 0.4) is 0 Å². The predicted octanol–water partition coefficient (Wildman–Crippen LogP) is 3.10. The number of hydrogen-bond acceptors (Lipinski definition) is 3. The summed E-state index contributed by atoms with van der Waals surface area (Å²) in [7, 11) is 1.38. The number of nitrogens with one attached hydrogen (secondary N) is 1. The van der Waals surface area contributed by atoms with E-state index in [1.165, 1.54) is 19.1 Å². The first kappa shape index (κ1) is 16.3. The van der Waals surface area contributed by atoms with Gasteiger partial charge in [0.05, 0.1) is 4.90 Å². The van der Waals surface area contributed by atoms with E-state index in [-0.39, 0.29) is 15.5 Å². The van der Waals surface area contributed by atoms with Gasteiger partial charge in [-0.1, -0.05) is 11.6 Å². The molecule has 0 fully saturated rings. The Hall–Kier alpha value is -0.780. The molecule has 0 heterocycles. The minimum atomic E-state index is -3.95. The van der Waals surface area contributed by atoms with Crippen LogP contribution in [-0.2, 0) is 9.05 Å². The first-order valence-corrected chi connectivity index (χ1v) is 8.18. The number of carbonyl (C=O) groups is 1. The van der Waals surface area contributed by atoms with E-state index in [1.54, 1.807) is 0 Å². The van der Waals surface area contributed by atoms with Crippen LogP contribution in [0.2, 0.25) is 5.02 Å². The van der Waals surface area contributed by atoms with Gasteiger partial charge in [-0.3, -0.25) is 4.79 Å². The summed E-state index contributed by atoms with van der Waals surface area (Å²) in [5.74, 6) is -0.407. The monoisotopic (exact) mass is 323 g/mol. The summed E-state index contributed by atoms with van der Waals surface area (Å²) < 4.78 is 22.9. The van der Waals surface area contributed by atoms with Crippen LogP contribution >= 0.6 is 22.3 Å². The number of carbonyl (C=O) groups excluding carboxylic acids is 1. The van der Waals surface area contributed by atoms with Crippen molar-refractivity contribution in [2.24, 2.45) is 0 Å². The lowest BCUT2D eigenvalue weighted by Gasteiger charge is -2.21. The summed E-state index contributed by atoms with van der Waals surface area (Å²) in [6, 6.07) is 2.65. The highest BCUT2D eigenvalue weighted by Crippen LogP contribution is 2.27. The average Bonchev–Trinajstić information content (AvgIpc) is 2.17. The van der Waals surface area contributed by atoms with Gasteiger partial charge in [0.25, 0.3) is 15.0 Å². The fourth-order valence-corrected chi connectivity index (χ4v) is 2.95. The van der Waals surface area contributed by atoms with E-state index in [0.29, 0.717) is 5.56 Å². The summed E-state index contributed by atoms with van der Waals surface area (Å²) in [4.78, 5) is 11.8. The maximum absolute atomic E-state index is 12.0. The van der Waals surface area contributed by atoms with E-state index in [2.05, 4.69) is 5.32 Å². The number of rotatable bonds is 2. The van der Waals surface area contributed by atoms with Gasteiger partial charge in [-0.15, -0.1) is 0 Å². The van der Waals surface area contributed by atoms with E-state index in [0.717, 1.165) is 0 Å². The predicted molar refractivity (Wildman–Crippen MR) is 76.4 cm³/mol. The Morgan fingerprint density at radius 1 is 1.26 bits per heavy atom. The van der Waals surface area contributed by atoms with Crippen molar-refractivity contribution in [3.63, 3.8) is 0 Å². The number of hydrogen-bond donors (Lipinski definition) is 1. The molecule has 1 amide bonds. The first-order chi connectivity index (χ1) is 8.42. The molecule has 0 aliphatic heterocycles. The number of halogens is 2. The maximum atomic E-state index is 12.0. The fraction of sp³-hybridized carbons (Fsp3) is 0.417.